The highest BCUT2D eigenvalue weighted by Crippen LogP contribution is 2.35. The van der Waals surface area contributed by atoms with E-state index in [9.17, 15) is 4.79 Å². The molecule has 0 saturated carbocycles. The van der Waals surface area contributed by atoms with Crippen molar-refractivity contribution in [3.05, 3.63) is 70.2 Å². The lowest BCUT2D eigenvalue weighted by Gasteiger charge is -2.10. The number of carbonyl (C=O) groups is 1. The maximum absolute atomic E-state index is 11.9. The molecule has 0 radical (unpaired) electrons. The van der Waals surface area contributed by atoms with Crippen molar-refractivity contribution < 1.29 is 4.79 Å². The third-order valence-electron chi connectivity index (χ3n) is 3.53. The lowest BCUT2D eigenvalue weighted by atomic mass is 9.94. The van der Waals surface area contributed by atoms with Crippen LogP contribution in [0.2, 0.25) is 5.02 Å². The Kier molecular flexibility index (Phi) is 2.92. The highest BCUT2D eigenvalue weighted by Gasteiger charge is 2.28. The van der Waals surface area contributed by atoms with E-state index in [2.05, 4.69) is 6.07 Å². The molecule has 2 aromatic carbocycles. The van der Waals surface area contributed by atoms with E-state index in [1.54, 1.807) is 0 Å². The molecule has 0 aromatic heterocycles. The standard InChI is InChI=1S/C16H13ClO/c17-13-7-5-11(6-8-13)9-12-10-16(18)15-4-2-1-3-14(12)15/h1-8,12H,9-10H2. The summed E-state index contributed by atoms with van der Waals surface area (Å²) in [7, 11) is 0. The Morgan fingerprint density at radius 2 is 1.78 bits per heavy atom. The summed E-state index contributed by atoms with van der Waals surface area (Å²) in [5.74, 6) is 0.583. The summed E-state index contributed by atoms with van der Waals surface area (Å²) in [5, 5.41) is 0.752. The number of Topliss-reactive ketones (excluding diaryl/α,β-unsaturated/α-hetero) is 1. The van der Waals surface area contributed by atoms with E-state index in [4.69, 9.17) is 11.6 Å². The predicted octanol–water partition coefficient (Wildman–Crippen LogP) is 4.25. The summed E-state index contributed by atoms with van der Waals surface area (Å²) in [6.45, 7) is 0. The van der Waals surface area contributed by atoms with Crippen LogP contribution in [0.5, 0.6) is 0 Å². The van der Waals surface area contributed by atoms with Crippen LogP contribution in [0.3, 0.4) is 0 Å². The number of ketones is 1. The monoisotopic (exact) mass is 256 g/mol. The highest BCUT2D eigenvalue weighted by atomic mass is 35.5. The molecule has 1 atom stereocenters. The molecule has 0 spiro atoms. The third kappa shape index (κ3) is 2.06. The second-order valence-electron chi connectivity index (χ2n) is 4.74. The molecule has 1 aliphatic carbocycles. The van der Waals surface area contributed by atoms with E-state index in [1.807, 2.05) is 42.5 Å². The first kappa shape index (κ1) is 11.5. The maximum Gasteiger partial charge on any atom is 0.163 e. The molecule has 3 rings (SSSR count). The number of rotatable bonds is 2. The van der Waals surface area contributed by atoms with Crippen molar-refractivity contribution in [3.8, 4) is 0 Å². The molecule has 90 valence electrons. The zero-order chi connectivity index (χ0) is 12.5. The minimum Gasteiger partial charge on any atom is -0.294 e. The lowest BCUT2D eigenvalue weighted by molar-refractivity contribution is 0.0989. The summed E-state index contributed by atoms with van der Waals surface area (Å²) in [5.41, 5.74) is 3.32. The number of halogens is 1. The number of fused-ring (bicyclic) bond motifs is 1. The highest BCUT2D eigenvalue weighted by molar-refractivity contribution is 6.30. The van der Waals surface area contributed by atoms with Gasteiger partial charge in [0, 0.05) is 17.0 Å². The van der Waals surface area contributed by atoms with Gasteiger partial charge in [0.2, 0.25) is 0 Å². The minimum atomic E-state index is 0.268. The van der Waals surface area contributed by atoms with Crippen LogP contribution in [0.1, 0.15) is 33.8 Å². The average molecular weight is 257 g/mol. The van der Waals surface area contributed by atoms with Crippen molar-refractivity contribution in [1.29, 1.82) is 0 Å². The van der Waals surface area contributed by atoms with Gasteiger partial charge in [-0.2, -0.15) is 0 Å². The topological polar surface area (TPSA) is 17.1 Å². The molecule has 0 N–H and O–H groups in total. The van der Waals surface area contributed by atoms with Crippen LogP contribution in [0.25, 0.3) is 0 Å². The van der Waals surface area contributed by atoms with Gasteiger partial charge in [-0.3, -0.25) is 4.79 Å². The lowest BCUT2D eigenvalue weighted by Crippen LogP contribution is -1.99. The fourth-order valence-corrected chi connectivity index (χ4v) is 2.76. The molecule has 0 aliphatic heterocycles. The summed E-state index contributed by atoms with van der Waals surface area (Å²) in [6, 6.07) is 15.8. The minimum absolute atomic E-state index is 0.268. The quantitative estimate of drug-likeness (QED) is 0.785. The van der Waals surface area contributed by atoms with Crippen LogP contribution in [0.4, 0.5) is 0 Å². The van der Waals surface area contributed by atoms with Crippen LogP contribution >= 0.6 is 11.6 Å². The predicted molar refractivity (Wildman–Crippen MR) is 73.3 cm³/mol. The van der Waals surface area contributed by atoms with Gasteiger partial charge < -0.3 is 0 Å². The smallest absolute Gasteiger partial charge is 0.163 e. The Balaban J connectivity index is 1.87. The average Bonchev–Trinajstić information content (AvgIpc) is 2.70. The van der Waals surface area contributed by atoms with Gasteiger partial charge in [-0.15, -0.1) is 0 Å². The second-order valence-corrected chi connectivity index (χ2v) is 5.18. The van der Waals surface area contributed by atoms with Crippen LogP contribution in [0, 0.1) is 0 Å². The van der Waals surface area contributed by atoms with E-state index >= 15 is 0 Å². The molecular formula is C16H13ClO. The maximum atomic E-state index is 11.9. The third-order valence-corrected chi connectivity index (χ3v) is 3.78. The normalized spacial score (nSPS) is 17.8. The molecule has 1 aliphatic rings. The van der Waals surface area contributed by atoms with Gasteiger partial charge in [0.25, 0.3) is 0 Å². The molecule has 0 amide bonds. The molecule has 2 aromatic rings. The SMILES string of the molecule is O=C1CC(Cc2ccc(Cl)cc2)c2ccccc21. The van der Waals surface area contributed by atoms with Gasteiger partial charge in [-0.05, 0) is 35.6 Å². The van der Waals surface area contributed by atoms with Gasteiger partial charge in [0.1, 0.15) is 0 Å². The Morgan fingerprint density at radius 3 is 2.56 bits per heavy atom. The van der Waals surface area contributed by atoms with Gasteiger partial charge in [-0.1, -0.05) is 48.0 Å². The summed E-state index contributed by atoms with van der Waals surface area (Å²) >= 11 is 5.88. The van der Waals surface area contributed by atoms with Crippen molar-refractivity contribution in [2.24, 2.45) is 0 Å². The van der Waals surface area contributed by atoms with Crippen molar-refractivity contribution in [2.75, 3.05) is 0 Å². The molecule has 18 heavy (non-hydrogen) atoms. The second kappa shape index (κ2) is 4.58. The first-order chi connectivity index (χ1) is 8.74. The first-order valence-electron chi connectivity index (χ1n) is 6.10. The van der Waals surface area contributed by atoms with Crippen molar-refractivity contribution in [1.82, 2.24) is 0 Å². The van der Waals surface area contributed by atoms with E-state index in [0.29, 0.717) is 12.3 Å². The summed E-state index contributed by atoms with van der Waals surface area (Å²) in [4.78, 5) is 11.9. The van der Waals surface area contributed by atoms with Crippen LogP contribution in [-0.2, 0) is 6.42 Å². The van der Waals surface area contributed by atoms with Crippen LogP contribution in [-0.4, -0.2) is 5.78 Å². The number of hydrogen-bond donors (Lipinski definition) is 0. The Hall–Kier alpha value is -1.60. The Bertz CT molecular complexity index is 586. The van der Waals surface area contributed by atoms with Crippen LogP contribution in [0.15, 0.2) is 48.5 Å². The van der Waals surface area contributed by atoms with Crippen molar-refractivity contribution >= 4 is 17.4 Å². The van der Waals surface area contributed by atoms with Gasteiger partial charge >= 0.3 is 0 Å². The molecule has 1 nitrogen and oxygen atoms in total. The summed E-state index contributed by atoms with van der Waals surface area (Å²) < 4.78 is 0. The van der Waals surface area contributed by atoms with E-state index in [1.165, 1.54) is 11.1 Å². The molecular weight excluding hydrogens is 244 g/mol. The van der Waals surface area contributed by atoms with E-state index in [-0.39, 0.29) is 5.78 Å². The number of benzene rings is 2. The largest absolute Gasteiger partial charge is 0.294 e. The molecule has 0 saturated heterocycles. The first-order valence-corrected chi connectivity index (χ1v) is 6.48. The van der Waals surface area contributed by atoms with E-state index in [0.717, 1.165) is 17.0 Å². The molecule has 0 fully saturated rings. The van der Waals surface area contributed by atoms with E-state index < -0.39 is 0 Å². The molecule has 0 bridgehead atoms. The molecule has 2 heteroatoms. The van der Waals surface area contributed by atoms with Gasteiger partial charge in [0.05, 0.1) is 0 Å². The number of carbonyl (C=O) groups excluding carboxylic acids is 1. The fourth-order valence-electron chi connectivity index (χ4n) is 2.64. The van der Waals surface area contributed by atoms with Crippen LogP contribution < -0.4 is 0 Å². The summed E-state index contributed by atoms with van der Waals surface area (Å²) in [6.07, 6.45) is 1.53. The fraction of sp³-hybridized carbons (Fsp3) is 0.188. The Morgan fingerprint density at radius 1 is 1.06 bits per heavy atom. The Labute approximate surface area is 111 Å². The van der Waals surface area contributed by atoms with Gasteiger partial charge in [-0.25, -0.2) is 0 Å². The van der Waals surface area contributed by atoms with Crippen molar-refractivity contribution in [3.63, 3.8) is 0 Å². The zero-order valence-electron chi connectivity index (χ0n) is 9.90. The number of hydrogen-bond acceptors (Lipinski definition) is 1. The van der Waals surface area contributed by atoms with Gasteiger partial charge in [0.15, 0.2) is 5.78 Å². The molecule has 0 heterocycles. The molecule has 1 unspecified atom stereocenters. The zero-order valence-corrected chi connectivity index (χ0v) is 10.7. The van der Waals surface area contributed by atoms with Crippen molar-refractivity contribution in [2.45, 2.75) is 18.8 Å².